The first-order valence-electron chi connectivity index (χ1n) is 7.11. The summed E-state index contributed by atoms with van der Waals surface area (Å²) in [6.45, 7) is 5.34. The summed E-state index contributed by atoms with van der Waals surface area (Å²) in [6.07, 6.45) is 0. The Morgan fingerprint density at radius 2 is 1.80 bits per heavy atom. The number of carbonyl (C=O) groups excluding carboxylic acids is 1. The maximum Gasteiger partial charge on any atom is 0.224 e. The van der Waals surface area contributed by atoms with E-state index in [1.54, 1.807) is 0 Å². The van der Waals surface area contributed by atoms with Gasteiger partial charge in [0.1, 0.15) is 0 Å². The van der Waals surface area contributed by atoms with Crippen LogP contribution < -0.4 is 10.6 Å². The Morgan fingerprint density at radius 3 is 2.30 bits per heavy atom. The molecular weight excluding hydrogens is 250 g/mol. The molecule has 0 saturated heterocycles. The second-order valence-electron chi connectivity index (χ2n) is 5.59. The zero-order valence-electron chi connectivity index (χ0n) is 13.2. The van der Waals surface area contributed by atoms with Gasteiger partial charge in [0, 0.05) is 19.0 Å². The van der Waals surface area contributed by atoms with Crippen LogP contribution in [-0.2, 0) is 4.79 Å². The van der Waals surface area contributed by atoms with E-state index < -0.39 is 0 Å². The number of likely N-dealkylation sites (N-methyl/N-ethyl adjacent to an activating group) is 1. The van der Waals surface area contributed by atoms with Crippen molar-refractivity contribution >= 4 is 5.91 Å². The van der Waals surface area contributed by atoms with Gasteiger partial charge in [-0.3, -0.25) is 4.79 Å². The molecule has 2 atom stereocenters. The number of nitrogens with zero attached hydrogens (tertiary/aromatic N) is 1. The molecule has 1 amide bonds. The number of nitrogens with one attached hydrogen (secondary N) is 2. The minimum Gasteiger partial charge on any atom is -0.354 e. The van der Waals surface area contributed by atoms with Gasteiger partial charge in [0.05, 0.1) is 6.04 Å². The van der Waals surface area contributed by atoms with Crippen LogP contribution in [0.15, 0.2) is 24.3 Å². The van der Waals surface area contributed by atoms with Gasteiger partial charge >= 0.3 is 0 Å². The summed E-state index contributed by atoms with van der Waals surface area (Å²) >= 11 is 0. The third-order valence-corrected chi connectivity index (χ3v) is 3.51. The molecule has 112 valence electrons. The Hall–Kier alpha value is -1.39. The number of hydrogen-bond donors (Lipinski definition) is 2. The van der Waals surface area contributed by atoms with Crippen molar-refractivity contribution in [2.45, 2.75) is 19.9 Å². The smallest absolute Gasteiger partial charge is 0.224 e. The molecule has 2 unspecified atom stereocenters. The van der Waals surface area contributed by atoms with Gasteiger partial charge in [0.2, 0.25) is 5.91 Å². The van der Waals surface area contributed by atoms with Crippen LogP contribution in [0.25, 0.3) is 0 Å². The zero-order chi connectivity index (χ0) is 15.1. The van der Waals surface area contributed by atoms with Crippen molar-refractivity contribution in [2.24, 2.45) is 5.92 Å². The zero-order valence-corrected chi connectivity index (χ0v) is 13.2. The van der Waals surface area contributed by atoms with E-state index in [0.717, 1.165) is 0 Å². The van der Waals surface area contributed by atoms with Gasteiger partial charge in [-0.1, -0.05) is 36.8 Å². The topological polar surface area (TPSA) is 44.4 Å². The molecule has 0 radical (unpaired) electrons. The van der Waals surface area contributed by atoms with Crippen LogP contribution in [0.2, 0.25) is 0 Å². The van der Waals surface area contributed by atoms with Crippen LogP contribution in [0.4, 0.5) is 0 Å². The number of amides is 1. The highest BCUT2D eigenvalue weighted by atomic mass is 16.1. The van der Waals surface area contributed by atoms with Crippen LogP contribution in [-0.4, -0.2) is 45.0 Å². The lowest BCUT2D eigenvalue weighted by atomic mass is 10.0. The van der Waals surface area contributed by atoms with Crippen LogP contribution in [0.3, 0.4) is 0 Å². The lowest BCUT2D eigenvalue weighted by Crippen LogP contribution is -2.39. The summed E-state index contributed by atoms with van der Waals surface area (Å²) in [5.74, 6) is 0.0825. The largest absolute Gasteiger partial charge is 0.354 e. The Kier molecular flexibility index (Phi) is 6.68. The van der Waals surface area contributed by atoms with E-state index in [0.29, 0.717) is 13.1 Å². The number of hydrogen-bond acceptors (Lipinski definition) is 3. The second kappa shape index (κ2) is 8.02. The predicted molar refractivity (Wildman–Crippen MR) is 83.7 cm³/mol. The van der Waals surface area contributed by atoms with Crippen LogP contribution in [0.1, 0.15) is 24.1 Å². The van der Waals surface area contributed by atoms with Gasteiger partial charge < -0.3 is 15.5 Å². The highest BCUT2D eigenvalue weighted by Gasteiger charge is 2.17. The number of benzene rings is 1. The van der Waals surface area contributed by atoms with E-state index in [-0.39, 0.29) is 17.9 Å². The fraction of sp³-hybridized carbons (Fsp3) is 0.562. The van der Waals surface area contributed by atoms with E-state index in [1.807, 2.05) is 28.1 Å². The number of aryl methyl sites for hydroxylation is 1. The van der Waals surface area contributed by atoms with E-state index in [9.17, 15) is 4.79 Å². The summed E-state index contributed by atoms with van der Waals surface area (Å²) in [6, 6.07) is 8.67. The highest BCUT2D eigenvalue weighted by Crippen LogP contribution is 2.18. The third-order valence-electron chi connectivity index (χ3n) is 3.51. The number of carbonyl (C=O) groups is 1. The van der Waals surface area contributed by atoms with E-state index >= 15 is 0 Å². The molecule has 1 aromatic carbocycles. The van der Waals surface area contributed by atoms with Crippen molar-refractivity contribution in [3.63, 3.8) is 0 Å². The third kappa shape index (κ3) is 4.94. The molecule has 0 saturated carbocycles. The van der Waals surface area contributed by atoms with Crippen molar-refractivity contribution < 1.29 is 4.79 Å². The molecule has 0 aromatic heterocycles. The molecule has 0 aliphatic carbocycles. The van der Waals surface area contributed by atoms with Crippen molar-refractivity contribution in [3.05, 3.63) is 35.4 Å². The minimum absolute atomic E-state index is 0.0131. The molecule has 1 rings (SSSR count). The van der Waals surface area contributed by atoms with E-state index in [2.05, 4.69) is 46.7 Å². The minimum atomic E-state index is -0.0131. The molecule has 0 spiro atoms. The Balaban J connectivity index is 2.64. The second-order valence-corrected chi connectivity index (χ2v) is 5.59. The summed E-state index contributed by atoms with van der Waals surface area (Å²) < 4.78 is 0. The fourth-order valence-electron chi connectivity index (χ4n) is 2.16. The van der Waals surface area contributed by atoms with E-state index in [1.165, 1.54) is 11.1 Å². The molecule has 2 N–H and O–H groups in total. The standard InChI is InChI=1S/C16H27N3O/c1-12-6-8-14(9-7-12)15(19(4)5)11-18-16(20)13(2)10-17-3/h6-9,13,15,17H,10-11H2,1-5H3,(H,18,20). The van der Waals surface area contributed by atoms with Crippen LogP contribution >= 0.6 is 0 Å². The van der Waals surface area contributed by atoms with Crippen molar-refractivity contribution in [1.82, 2.24) is 15.5 Å². The molecule has 0 aliphatic rings. The van der Waals surface area contributed by atoms with Gasteiger partial charge in [-0.05, 0) is 33.6 Å². The lowest BCUT2D eigenvalue weighted by Gasteiger charge is -2.26. The predicted octanol–water partition coefficient (Wildman–Crippen LogP) is 1.57. The normalized spacial score (nSPS) is 14.1. The van der Waals surface area contributed by atoms with E-state index in [4.69, 9.17) is 0 Å². The quantitative estimate of drug-likeness (QED) is 0.795. The average molecular weight is 277 g/mol. The SMILES string of the molecule is CNCC(C)C(=O)NCC(c1ccc(C)cc1)N(C)C. The lowest BCUT2D eigenvalue weighted by molar-refractivity contribution is -0.124. The van der Waals surface area contributed by atoms with Gasteiger partial charge in [0.15, 0.2) is 0 Å². The molecule has 4 nitrogen and oxygen atoms in total. The first-order chi connectivity index (χ1) is 9.45. The summed E-state index contributed by atoms with van der Waals surface area (Å²) in [7, 11) is 5.93. The van der Waals surface area contributed by atoms with Crippen molar-refractivity contribution in [3.8, 4) is 0 Å². The molecule has 0 aliphatic heterocycles. The molecule has 4 heteroatoms. The molecule has 0 fully saturated rings. The molecule has 0 heterocycles. The van der Waals surface area contributed by atoms with Crippen LogP contribution in [0.5, 0.6) is 0 Å². The summed E-state index contributed by atoms with van der Waals surface area (Å²) in [4.78, 5) is 14.1. The van der Waals surface area contributed by atoms with Crippen molar-refractivity contribution in [1.29, 1.82) is 0 Å². The van der Waals surface area contributed by atoms with Gasteiger partial charge in [-0.25, -0.2) is 0 Å². The maximum atomic E-state index is 12.0. The Bertz CT molecular complexity index is 414. The molecular formula is C16H27N3O. The summed E-state index contributed by atoms with van der Waals surface area (Å²) in [5, 5.41) is 6.07. The maximum absolute atomic E-state index is 12.0. The monoisotopic (exact) mass is 277 g/mol. The van der Waals surface area contributed by atoms with Crippen molar-refractivity contribution in [2.75, 3.05) is 34.2 Å². The first kappa shape index (κ1) is 16.7. The Labute approximate surface area is 122 Å². The van der Waals surface area contributed by atoms with Gasteiger partial charge in [0.25, 0.3) is 0 Å². The summed E-state index contributed by atoms with van der Waals surface area (Å²) in [5.41, 5.74) is 2.47. The first-order valence-corrected chi connectivity index (χ1v) is 7.11. The molecule has 0 bridgehead atoms. The van der Waals surface area contributed by atoms with Crippen LogP contribution in [0, 0.1) is 12.8 Å². The average Bonchev–Trinajstić information content (AvgIpc) is 2.40. The highest BCUT2D eigenvalue weighted by molar-refractivity contribution is 5.78. The number of rotatable bonds is 7. The molecule has 20 heavy (non-hydrogen) atoms. The fourth-order valence-corrected chi connectivity index (χ4v) is 2.16. The van der Waals surface area contributed by atoms with Gasteiger partial charge in [-0.2, -0.15) is 0 Å². The Morgan fingerprint density at radius 1 is 1.20 bits per heavy atom. The van der Waals surface area contributed by atoms with Gasteiger partial charge in [-0.15, -0.1) is 0 Å². The molecule has 1 aromatic rings.